The number of fused-ring (bicyclic) bond motifs is 1. The molecule has 1 heterocycles. The monoisotopic (exact) mass is 204 g/mol. The van der Waals surface area contributed by atoms with E-state index in [0.29, 0.717) is 5.92 Å². The molecule has 1 aromatic rings. The normalized spacial score (nSPS) is 20.5. The van der Waals surface area contributed by atoms with Crippen molar-refractivity contribution < 1.29 is 9.53 Å². The third-order valence-electron chi connectivity index (χ3n) is 3.00. The van der Waals surface area contributed by atoms with Crippen molar-refractivity contribution in [2.24, 2.45) is 5.92 Å². The van der Waals surface area contributed by atoms with Crippen molar-refractivity contribution in [1.82, 2.24) is 0 Å². The Balaban J connectivity index is 1.99. The molecule has 1 aliphatic heterocycles. The number of hydrogen-bond donors (Lipinski definition) is 0. The van der Waals surface area contributed by atoms with Crippen LogP contribution in [0.4, 0.5) is 0 Å². The summed E-state index contributed by atoms with van der Waals surface area (Å²) < 4.78 is 5.59. The summed E-state index contributed by atoms with van der Waals surface area (Å²) in [7, 11) is 0. The maximum atomic E-state index is 10.5. The molecule has 80 valence electrons. The number of rotatable bonds is 4. The van der Waals surface area contributed by atoms with Crippen LogP contribution < -0.4 is 4.74 Å². The van der Waals surface area contributed by atoms with Crippen LogP contribution in [0.1, 0.15) is 31.2 Å². The summed E-state index contributed by atoms with van der Waals surface area (Å²) in [6, 6.07) is 8.18. The largest absolute Gasteiger partial charge is 0.493 e. The first-order valence-electron chi connectivity index (χ1n) is 5.48. The highest BCUT2D eigenvalue weighted by molar-refractivity contribution is 5.52. The first kappa shape index (κ1) is 10.2. The fourth-order valence-corrected chi connectivity index (χ4v) is 2.00. The molecule has 0 aliphatic carbocycles. The summed E-state index contributed by atoms with van der Waals surface area (Å²) in [5.41, 5.74) is 1.30. The molecule has 0 spiro atoms. The number of para-hydroxylation sites is 1. The Kier molecular flexibility index (Phi) is 3.05. The number of carbonyl (C=O) groups is 1. The van der Waals surface area contributed by atoms with Crippen LogP contribution in [0.5, 0.6) is 5.75 Å². The maximum absolute atomic E-state index is 10.5. The van der Waals surface area contributed by atoms with Crippen molar-refractivity contribution in [2.75, 3.05) is 6.61 Å². The summed E-state index contributed by atoms with van der Waals surface area (Å²) >= 11 is 0. The Morgan fingerprint density at radius 1 is 1.53 bits per heavy atom. The molecule has 0 aromatic heterocycles. The van der Waals surface area contributed by atoms with Gasteiger partial charge in [0.15, 0.2) is 0 Å². The Hall–Kier alpha value is -1.31. The Morgan fingerprint density at radius 3 is 3.13 bits per heavy atom. The molecule has 2 atom stereocenters. The molecule has 2 heteroatoms. The summed E-state index contributed by atoms with van der Waals surface area (Å²) in [6.45, 7) is 2.74. The molecule has 0 amide bonds. The van der Waals surface area contributed by atoms with Crippen LogP contribution >= 0.6 is 0 Å². The van der Waals surface area contributed by atoms with Crippen molar-refractivity contribution in [3.63, 3.8) is 0 Å². The van der Waals surface area contributed by atoms with Gasteiger partial charge < -0.3 is 9.53 Å². The van der Waals surface area contributed by atoms with Crippen molar-refractivity contribution in [3.8, 4) is 5.75 Å². The van der Waals surface area contributed by atoms with E-state index in [1.54, 1.807) is 0 Å². The van der Waals surface area contributed by atoms with Gasteiger partial charge in [-0.25, -0.2) is 0 Å². The zero-order chi connectivity index (χ0) is 10.7. The van der Waals surface area contributed by atoms with E-state index in [-0.39, 0.29) is 5.92 Å². The van der Waals surface area contributed by atoms with E-state index in [1.807, 2.05) is 25.1 Å². The van der Waals surface area contributed by atoms with E-state index >= 15 is 0 Å². The molecule has 1 aromatic carbocycles. The lowest BCUT2D eigenvalue weighted by Crippen LogP contribution is -2.04. The highest BCUT2D eigenvalue weighted by Crippen LogP contribution is 2.36. The number of ether oxygens (including phenoxy) is 1. The number of aldehydes is 1. The second kappa shape index (κ2) is 4.47. The summed E-state index contributed by atoms with van der Waals surface area (Å²) in [6.07, 6.45) is 3.02. The van der Waals surface area contributed by atoms with E-state index in [2.05, 4.69) is 6.07 Å². The smallest absolute Gasteiger partial charge is 0.122 e. The van der Waals surface area contributed by atoms with Crippen LogP contribution in [-0.4, -0.2) is 12.9 Å². The van der Waals surface area contributed by atoms with Gasteiger partial charge in [0.05, 0.1) is 6.61 Å². The predicted molar refractivity (Wildman–Crippen MR) is 59.1 cm³/mol. The van der Waals surface area contributed by atoms with Crippen LogP contribution in [-0.2, 0) is 4.79 Å². The molecule has 0 fully saturated rings. The minimum atomic E-state index is 0.165. The molecule has 0 bridgehead atoms. The van der Waals surface area contributed by atoms with Crippen molar-refractivity contribution >= 4 is 6.29 Å². The van der Waals surface area contributed by atoms with E-state index in [1.165, 1.54) is 5.56 Å². The van der Waals surface area contributed by atoms with Gasteiger partial charge in [-0.15, -0.1) is 0 Å². The first-order valence-corrected chi connectivity index (χ1v) is 5.48. The van der Waals surface area contributed by atoms with Crippen LogP contribution in [0.15, 0.2) is 24.3 Å². The Bertz CT molecular complexity index is 346. The molecule has 2 nitrogen and oxygen atoms in total. The third kappa shape index (κ3) is 2.20. The summed E-state index contributed by atoms with van der Waals surface area (Å²) in [5.74, 6) is 1.66. The number of benzene rings is 1. The predicted octanol–water partition coefficient (Wildman–Crippen LogP) is 2.78. The summed E-state index contributed by atoms with van der Waals surface area (Å²) in [5, 5.41) is 0. The summed E-state index contributed by atoms with van der Waals surface area (Å²) in [4.78, 5) is 10.5. The zero-order valence-electron chi connectivity index (χ0n) is 8.98. The lowest BCUT2D eigenvalue weighted by molar-refractivity contribution is -0.110. The molecule has 0 N–H and O–H groups in total. The van der Waals surface area contributed by atoms with Gasteiger partial charge in [0.1, 0.15) is 12.0 Å². The SMILES string of the molecule is CC(C=O)CCC1COc2ccccc21. The molecule has 2 rings (SSSR count). The van der Waals surface area contributed by atoms with Crippen LogP contribution in [0, 0.1) is 5.92 Å². The standard InChI is InChI=1S/C13H16O2/c1-10(8-14)6-7-11-9-15-13-5-3-2-4-12(11)13/h2-5,8,10-11H,6-7,9H2,1H3. The first-order chi connectivity index (χ1) is 7.31. The van der Waals surface area contributed by atoms with E-state index in [4.69, 9.17) is 4.74 Å². The second-order valence-corrected chi connectivity index (χ2v) is 4.24. The minimum Gasteiger partial charge on any atom is -0.493 e. The lowest BCUT2D eigenvalue weighted by Gasteiger charge is -2.09. The fraction of sp³-hybridized carbons (Fsp3) is 0.462. The quantitative estimate of drug-likeness (QED) is 0.705. The minimum absolute atomic E-state index is 0.165. The van der Waals surface area contributed by atoms with Gasteiger partial charge in [-0.1, -0.05) is 25.1 Å². The van der Waals surface area contributed by atoms with Crippen molar-refractivity contribution in [2.45, 2.75) is 25.7 Å². The van der Waals surface area contributed by atoms with Crippen LogP contribution in [0.2, 0.25) is 0 Å². The molecule has 15 heavy (non-hydrogen) atoms. The van der Waals surface area contributed by atoms with Crippen LogP contribution in [0.25, 0.3) is 0 Å². The van der Waals surface area contributed by atoms with Gasteiger partial charge in [-0.3, -0.25) is 0 Å². The highest BCUT2D eigenvalue weighted by Gasteiger charge is 2.23. The Morgan fingerprint density at radius 2 is 2.33 bits per heavy atom. The topological polar surface area (TPSA) is 26.3 Å². The van der Waals surface area contributed by atoms with Gasteiger partial charge in [-0.2, -0.15) is 0 Å². The van der Waals surface area contributed by atoms with Gasteiger partial charge in [0, 0.05) is 17.4 Å². The third-order valence-corrected chi connectivity index (χ3v) is 3.00. The number of hydrogen-bond acceptors (Lipinski definition) is 2. The Labute approximate surface area is 90.3 Å². The lowest BCUT2D eigenvalue weighted by atomic mass is 9.93. The zero-order valence-corrected chi connectivity index (χ0v) is 8.98. The molecular formula is C13H16O2. The average Bonchev–Trinajstić information content (AvgIpc) is 2.69. The van der Waals surface area contributed by atoms with Crippen molar-refractivity contribution in [3.05, 3.63) is 29.8 Å². The van der Waals surface area contributed by atoms with Gasteiger partial charge in [-0.05, 0) is 18.9 Å². The van der Waals surface area contributed by atoms with Crippen LogP contribution in [0.3, 0.4) is 0 Å². The molecule has 0 saturated carbocycles. The van der Waals surface area contributed by atoms with E-state index in [9.17, 15) is 4.79 Å². The molecule has 0 radical (unpaired) electrons. The van der Waals surface area contributed by atoms with Gasteiger partial charge in [0.2, 0.25) is 0 Å². The molecule has 2 unspecified atom stereocenters. The maximum Gasteiger partial charge on any atom is 0.122 e. The highest BCUT2D eigenvalue weighted by atomic mass is 16.5. The van der Waals surface area contributed by atoms with E-state index < -0.39 is 0 Å². The second-order valence-electron chi connectivity index (χ2n) is 4.24. The number of carbonyl (C=O) groups excluding carboxylic acids is 1. The van der Waals surface area contributed by atoms with Gasteiger partial charge >= 0.3 is 0 Å². The fourth-order valence-electron chi connectivity index (χ4n) is 2.00. The van der Waals surface area contributed by atoms with E-state index in [0.717, 1.165) is 31.5 Å². The molecular weight excluding hydrogens is 188 g/mol. The average molecular weight is 204 g/mol. The van der Waals surface area contributed by atoms with Crippen molar-refractivity contribution in [1.29, 1.82) is 0 Å². The molecule has 1 aliphatic rings. The van der Waals surface area contributed by atoms with Gasteiger partial charge in [0.25, 0.3) is 0 Å². The molecule has 0 saturated heterocycles.